The zero-order valence-electron chi connectivity index (χ0n) is 8.73. The number of thiazole rings is 1. The molecule has 0 aliphatic rings. The average Bonchev–Trinajstić information content (AvgIpc) is 2.77. The van der Waals surface area contributed by atoms with Gasteiger partial charge in [-0.15, -0.1) is 11.3 Å². The fourth-order valence-corrected chi connectivity index (χ4v) is 1.83. The van der Waals surface area contributed by atoms with Crippen molar-refractivity contribution in [2.24, 2.45) is 0 Å². The molecule has 2 heterocycles. The first-order valence-electron chi connectivity index (χ1n) is 4.72. The standard InChI is InChI=1S/C10H6F3N3OS/c11-10(12,13)8(17)16-9-15-7(5-18-9)6-3-1-2-4-14-6/h1-5H,(H,15,16,17). The molecule has 0 spiro atoms. The zero-order valence-corrected chi connectivity index (χ0v) is 9.55. The Morgan fingerprint density at radius 2 is 2.06 bits per heavy atom. The van der Waals surface area contributed by atoms with E-state index in [4.69, 9.17) is 0 Å². The number of rotatable bonds is 2. The summed E-state index contributed by atoms with van der Waals surface area (Å²) in [6, 6.07) is 5.11. The number of alkyl halides is 3. The van der Waals surface area contributed by atoms with Crippen LogP contribution in [0, 0.1) is 0 Å². The number of anilines is 1. The number of carbonyl (C=O) groups is 1. The number of amides is 1. The predicted octanol–water partition coefficient (Wildman–Crippen LogP) is 2.71. The van der Waals surface area contributed by atoms with Gasteiger partial charge in [-0.1, -0.05) is 6.07 Å². The maximum Gasteiger partial charge on any atom is 0.471 e. The van der Waals surface area contributed by atoms with Gasteiger partial charge in [0.05, 0.1) is 5.69 Å². The second-order valence-corrected chi connectivity index (χ2v) is 4.06. The van der Waals surface area contributed by atoms with Crippen LogP contribution >= 0.6 is 11.3 Å². The highest BCUT2D eigenvalue weighted by Crippen LogP contribution is 2.25. The molecule has 2 aromatic rings. The summed E-state index contributed by atoms with van der Waals surface area (Å²) in [6.45, 7) is 0. The van der Waals surface area contributed by atoms with E-state index in [1.54, 1.807) is 29.7 Å². The van der Waals surface area contributed by atoms with Crippen molar-refractivity contribution in [2.45, 2.75) is 6.18 Å². The second kappa shape index (κ2) is 4.73. The first kappa shape index (κ1) is 12.5. The summed E-state index contributed by atoms with van der Waals surface area (Å²) >= 11 is 0.906. The lowest BCUT2D eigenvalue weighted by Crippen LogP contribution is -2.29. The molecule has 1 N–H and O–H groups in total. The van der Waals surface area contributed by atoms with Crippen molar-refractivity contribution in [3.8, 4) is 11.4 Å². The van der Waals surface area contributed by atoms with Crippen LogP contribution in [0.3, 0.4) is 0 Å². The molecule has 0 aliphatic heterocycles. The molecular formula is C10H6F3N3OS. The normalized spacial score (nSPS) is 11.3. The minimum Gasteiger partial charge on any atom is -0.294 e. The Labute approximate surface area is 104 Å². The van der Waals surface area contributed by atoms with Gasteiger partial charge in [0.15, 0.2) is 5.13 Å². The lowest BCUT2D eigenvalue weighted by molar-refractivity contribution is -0.167. The van der Waals surface area contributed by atoms with Gasteiger partial charge in [0, 0.05) is 11.6 Å². The lowest BCUT2D eigenvalue weighted by atomic mass is 10.3. The number of pyridine rings is 1. The molecule has 94 valence electrons. The molecule has 0 bridgehead atoms. The maximum absolute atomic E-state index is 12.0. The van der Waals surface area contributed by atoms with Gasteiger partial charge in [-0.25, -0.2) is 4.98 Å². The first-order chi connectivity index (χ1) is 8.47. The Morgan fingerprint density at radius 1 is 1.28 bits per heavy atom. The van der Waals surface area contributed by atoms with E-state index in [2.05, 4.69) is 9.97 Å². The number of aromatic nitrogens is 2. The predicted molar refractivity (Wildman–Crippen MR) is 60.0 cm³/mol. The topological polar surface area (TPSA) is 54.9 Å². The van der Waals surface area contributed by atoms with Crippen LogP contribution in [-0.4, -0.2) is 22.1 Å². The summed E-state index contributed by atoms with van der Waals surface area (Å²) in [5, 5.41) is 3.10. The number of nitrogens with zero attached hydrogens (tertiary/aromatic N) is 2. The van der Waals surface area contributed by atoms with Gasteiger partial charge in [0.25, 0.3) is 0 Å². The molecule has 0 saturated carbocycles. The van der Waals surface area contributed by atoms with Crippen LogP contribution in [-0.2, 0) is 4.79 Å². The van der Waals surface area contributed by atoms with Crippen LogP contribution in [0.15, 0.2) is 29.8 Å². The van der Waals surface area contributed by atoms with Crippen molar-refractivity contribution in [3.63, 3.8) is 0 Å². The summed E-state index contributed by atoms with van der Waals surface area (Å²) in [7, 11) is 0. The van der Waals surface area contributed by atoms with Crippen LogP contribution < -0.4 is 5.32 Å². The summed E-state index contributed by atoms with van der Waals surface area (Å²) in [5.41, 5.74) is 0.944. The highest BCUT2D eigenvalue weighted by atomic mass is 32.1. The van der Waals surface area contributed by atoms with E-state index < -0.39 is 12.1 Å². The molecule has 2 rings (SSSR count). The lowest BCUT2D eigenvalue weighted by Gasteiger charge is -2.04. The Bertz CT molecular complexity index is 553. The quantitative estimate of drug-likeness (QED) is 0.915. The van der Waals surface area contributed by atoms with Crippen LogP contribution in [0.25, 0.3) is 11.4 Å². The molecule has 1 amide bonds. The number of hydrogen-bond donors (Lipinski definition) is 1. The van der Waals surface area contributed by atoms with Gasteiger partial charge in [0.1, 0.15) is 5.69 Å². The van der Waals surface area contributed by atoms with Crippen molar-refractivity contribution >= 4 is 22.4 Å². The minimum absolute atomic E-state index is 0.113. The van der Waals surface area contributed by atoms with E-state index in [1.807, 2.05) is 0 Å². The van der Waals surface area contributed by atoms with Gasteiger partial charge < -0.3 is 0 Å². The number of hydrogen-bond acceptors (Lipinski definition) is 4. The summed E-state index contributed by atoms with van der Waals surface area (Å²) < 4.78 is 36.1. The Kier molecular flexibility index (Phi) is 3.28. The monoisotopic (exact) mass is 273 g/mol. The average molecular weight is 273 g/mol. The highest BCUT2D eigenvalue weighted by molar-refractivity contribution is 7.14. The smallest absolute Gasteiger partial charge is 0.294 e. The van der Waals surface area contributed by atoms with Gasteiger partial charge in [-0.3, -0.25) is 15.1 Å². The Hall–Kier alpha value is -1.96. The molecule has 0 aliphatic carbocycles. The van der Waals surface area contributed by atoms with Crippen LogP contribution in [0.4, 0.5) is 18.3 Å². The van der Waals surface area contributed by atoms with Crippen LogP contribution in [0.5, 0.6) is 0 Å². The minimum atomic E-state index is -4.92. The van der Waals surface area contributed by atoms with Crippen LogP contribution in [0.2, 0.25) is 0 Å². The zero-order chi connectivity index (χ0) is 13.2. The molecule has 0 radical (unpaired) electrons. The SMILES string of the molecule is O=C(Nc1nc(-c2ccccn2)cs1)C(F)(F)F. The van der Waals surface area contributed by atoms with E-state index in [0.717, 1.165) is 11.3 Å². The summed E-state index contributed by atoms with van der Waals surface area (Å²) in [5.74, 6) is -2.04. The van der Waals surface area contributed by atoms with E-state index in [-0.39, 0.29) is 5.13 Å². The van der Waals surface area contributed by atoms with Crippen molar-refractivity contribution < 1.29 is 18.0 Å². The molecule has 4 nitrogen and oxygen atoms in total. The second-order valence-electron chi connectivity index (χ2n) is 3.20. The summed E-state index contributed by atoms with van der Waals surface area (Å²) in [4.78, 5) is 18.6. The summed E-state index contributed by atoms with van der Waals surface area (Å²) in [6.07, 6.45) is -3.38. The van der Waals surface area contributed by atoms with Gasteiger partial charge in [0.2, 0.25) is 0 Å². The maximum atomic E-state index is 12.0. The molecule has 0 aromatic carbocycles. The van der Waals surface area contributed by atoms with Gasteiger partial charge in [-0.05, 0) is 12.1 Å². The fraction of sp³-hybridized carbons (Fsp3) is 0.100. The molecule has 0 fully saturated rings. The molecule has 0 saturated heterocycles. The molecular weight excluding hydrogens is 267 g/mol. The number of nitrogens with one attached hydrogen (secondary N) is 1. The van der Waals surface area contributed by atoms with Gasteiger partial charge >= 0.3 is 12.1 Å². The van der Waals surface area contributed by atoms with Crippen molar-refractivity contribution in [1.29, 1.82) is 0 Å². The third-order valence-corrected chi connectivity index (χ3v) is 2.67. The van der Waals surface area contributed by atoms with E-state index in [9.17, 15) is 18.0 Å². The highest BCUT2D eigenvalue weighted by Gasteiger charge is 2.39. The van der Waals surface area contributed by atoms with E-state index in [0.29, 0.717) is 11.4 Å². The Balaban J connectivity index is 2.15. The van der Waals surface area contributed by atoms with E-state index >= 15 is 0 Å². The number of halogens is 3. The third kappa shape index (κ3) is 2.83. The van der Waals surface area contributed by atoms with Gasteiger partial charge in [-0.2, -0.15) is 13.2 Å². The molecule has 8 heteroatoms. The largest absolute Gasteiger partial charge is 0.471 e. The Morgan fingerprint density at radius 3 is 2.67 bits per heavy atom. The molecule has 0 unspecified atom stereocenters. The number of carbonyl (C=O) groups excluding carboxylic acids is 1. The van der Waals surface area contributed by atoms with Crippen molar-refractivity contribution in [2.75, 3.05) is 5.32 Å². The third-order valence-electron chi connectivity index (χ3n) is 1.91. The van der Waals surface area contributed by atoms with Crippen LogP contribution in [0.1, 0.15) is 0 Å². The van der Waals surface area contributed by atoms with Crippen molar-refractivity contribution in [1.82, 2.24) is 9.97 Å². The first-order valence-corrected chi connectivity index (χ1v) is 5.60. The van der Waals surface area contributed by atoms with E-state index in [1.165, 1.54) is 5.38 Å². The van der Waals surface area contributed by atoms with Crippen molar-refractivity contribution in [3.05, 3.63) is 29.8 Å². The molecule has 18 heavy (non-hydrogen) atoms. The molecule has 0 atom stereocenters. The molecule has 2 aromatic heterocycles. The fourth-order valence-electron chi connectivity index (χ4n) is 1.13.